The number of rotatable bonds is 5. The van der Waals surface area contributed by atoms with Crippen molar-refractivity contribution in [1.29, 1.82) is 0 Å². The molecule has 0 unspecified atom stereocenters. The number of aliphatic carboxylic acids is 1. The molecule has 27 heavy (non-hydrogen) atoms. The number of hydrogen-bond acceptors (Lipinski definition) is 4. The third-order valence-electron chi connectivity index (χ3n) is 3.85. The molecule has 3 rings (SSSR count). The van der Waals surface area contributed by atoms with Crippen LogP contribution < -0.4 is 0 Å². The van der Waals surface area contributed by atoms with E-state index < -0.39 is 27.9 Å². The number of benzene rings is 1. The van der Waals surface area contributed by atoms with Crippen molar-refractivity contribution in [2.45, 2.75) is 23.9 Å². The molecule has 1 N–H and O–H groups in total. The fraction of sp³-hybridized carbons (Fsp3) is 0.176. The highest BCUT2D eigenvalue weighted by Gasteiger charge is 2.33. The molecule has 0 spiro atoms. The van der Waals surface area contributed by atoms with Crippen LogP contribution in [0.2, 0.25) is 0 Å². The van der Waals surface area contributed by atoms with Crippen LogP contribution in [-0.4, -0.2) is 28.5 Å². The summed E-state index contributed by atoms with van der Waals surface area (Å²) < 4.78 is 65.6. The number of carbonyl (C=O) groups is 1. The zero-order valence-electron chi connectivity index (χ0n) is 13.6. The lowest BCUT2D eigenvalue weighted by Gasteiger charge is -2.12. The fourth-order valence-electron chi connectivity index (χ4n) is 2.66. The topological polar surface area (TPSA) is 89.3 Å². The molecule has 0 amide bonds. The van der Waals surface area contributed by atoms with Crippen LogP contribution >= 0.6 is 0 Å². The van der Waals surface area contributed by atoms with E-state index in [0.29, 0.717) is 6.07 Å². The van der Waals surface area contributed by atoms with E-state index >= 15 is 0 Å². The number of pyridine rings is 1. The molecule has 3 aromatic rings. The van der Waals surface area contributed by atoms with Crippen molar-refractivity contribution in [3.05, 3.63) is 59.9 Å². The lowest BCUT2D eigenvalue weighted by atomic mass is 10.2. The van der Waals surface area contributed by atoms with Crippen LogP contribution in [0.5, 0.6) is 0 Å². The molecule has 1 aromatic carbocycles. The number of carboxylic acid groups (broad SMARTS) is 1. The molecule has 142 valence electrons. The van der Waals surface area contributed by atoms with Gasteiger partial charge in [0.15, 0.2) is 0 Å². The molecule has 0 aliphatic heterocycles. The Balaban J connectivity index is 2.25. The highest BCUT2D eigenvalue weighted by molar-refractivity contribution is 7.90. The van der Waals surface area contributed by atoms with Crippen LogP contribution in [0.4, 0.5) is 13.2 Å². The van der Waals surface area contributed by atoms with E-state index in [0.717, 1.165) is 10.0 Å². The Morgan fingerprint density at radius 3 is 2.37 bits per heavy atom. The molecule has 0 radical (unpaired) electrons. The first-order chi connectivity index (χ1) is 12.6. The highest BCUT2D eigenvalue weighted by Crippen LogP contribution is 2.31. The van der Waals surface area contributed by atoms with Gasteiger partial charge in [0, 0.05) is 5.69 Å². The van der Waals surface area contributed by atoms with E-state index in [4.69, 9.17) is 5.11 Å². The predicted molar refractivity (Wildman–Crippen MR) is 89.7 cm³/mol. The van der Waals surface area contributed by atoms with Crippen molar-refractivity contribution >= 4 is 27.0 Å². The van der Waals surface area contributed by atoms with Gasteiger partial charge in [0.1, 0.15) is 5.69 Å². The number of aromatic nitrogens is 2. The van der Waals surface area contributed by atoms with Gasteiger partial charge in [0.05, 0.1) is 22.3 Å². The summed E-state index contributed by atoms with van der Waals surface area (Å²) >= 11 is 0. The van der Waals surface area contributed by atoms with Crippen LogP contribution in [0.1, 0.15) is 17.8 Å². The molecule has 10 heteroatoms. The molecule has 0 fully saturated rings. The number of alkyl halides is 3. The van der Waals surface area contributed by atoms with Crippen LogP contribution in [-0.2, 0) is 27.4 Å². The molecule has 0 atom stereocenters. The molecular formula is C17H13F3N2O4S. The SMILES string of the molecule is O=C(O)CCc1cc2nc(C(F)(F)F)ccc2n1S(=O)(=O)c1ccccc1. The first-order valence-corrected chi connectivity index (χ1v) is 9.16. The summed E-state index contributed by atoms with van der Waals surface area (Å²) in [5.74, 6) is -1.16. The first-order valence-electron chi connectivity index (χ1n) is 7.71. The minimum absolute atomic E-state index is 0.0445. The molecule has 0 saturated carbocycles. The average Bonchev–Trinajstić information content (AvgIpc) is 2.98. The highest BCUT2D eigenvalue weighted by atomic mass is 32.2. The number of carboxylic acids is 1. The quantitative estimate of drug-likeness (QED) is 0.712. The second-order valence-electron chi connectivity index (χ2n) is 5.71. The smallest absolute Gasteiger partial charge is 0.433 e. The Morgan fingerprint density at radius 1 is 1.11 bits per heavy atom. The molecule has 6 nitrogen and oxygen atoms in total. The first kappa shape index (κ1) is 18.9. The molecule has 0 saturated heterocycles. The van der Waals surface area contributed by atoms with Crippen LogP contribution in [0.3, 0.4) is 0 Å². The third-order valence-corrected chi connectivity index (χ3v) is 5.63. The Bertz CT molecular complexity index is 1110. The van der Waals surface area contributed by atoms with Gasteiger partial charge in [-0.25, -0.2) is 17.4 Å². The van der Waals surface area contributed by atoms with Gasteiger partial charge < -0.3 is 5.11 Å². The van der Waals surface area contributed by atoms with Crippen molar-refractivity contribution in [2.24, 2.45) is 0 Å². The summed E-state index contributed by atoms with van der Waals surface area (Å²) in [6.45, 7) is 0. The van der Waals surface area contributed by atoms with Gasteiger partial charge in [0.2, 0.25) is 0 Å². The van der Waals surface area contributed by atoms with Gasteiger partial charge >= 0.3 is 12.1 Å². The molecule has 0 bridgehead atoms. The number of hydrogen-bond donors (Lipinski definition) is 1. The summed E-state index contributed by atoms with van der Waals surface area (Å²) in [5, 5.41) is 8.89. The predicted octanol–water partition coefficient (Wildman–Crippen LogP) is 3.31. The maximum Gasteiger partial charge on any atom is 0.433 e. The second kappa shape index (κ2) is 6.69. The number of nitrogens with zero attached hydrogens (tertiary/aromatic N) is 2. The van der Waals surface area contributed by atoms with Gasteiger partial charge in [-0.2, -0.15) is 13.2 Å². The monoisotopic (exact) mass is 398 g/mol. The average molecular weight is 398 g/mol. The second-order valence-corrected chi connectivity index (χ2v) is 7.50. The summed E-state index contributed by atoms with van der Waals surface area (Å²) in [5.41, 5.74) is -1.34. The Morgan fingerprint density at radius 2 is 1.78 bits per heavy atom. The molecule has 2 aromatic heterocycles. The normalized spacial score (nSPS) is 12.4. The van der Waals surface area contributed by atoms with E-state index in [-0.39, 0.29) is 34.5 Å². The summed E-state index contributed by atoms with van der Waals surface area (Å²) in [6.07, 6.45) is -5.25. The van der Waals surface area contributed by atoms with Gasteiger partial charge in [-0.3, -0.25) is 4.79 Å². The van der Waals surface area contributed by atoms with Gasteiger partial charge in [-0.15, -0.1) is 0 Å². The van der Waals surface area contributed by atoms with Crippen LogP contribution in [0, 0.1) is 0 Å². The molecular weight excluding hydrogens is 385 g/mol. The van der Waals surface area contributed by atoms with Crippen molar-refractivity contribution in [2.75, 3.05) is 0 Å². The van der Waals surface area contributed by atoms with E-state index in [2.05, 4.69) is 4.98 Å². The van der Waals surface area contributed by atoms with Gasteiger partial charge in [-0.05, 0) is 36.8 Å². The van der Waals surface area contributed by atoms with E-state index in [1.807, 2.05) is 0 Å². The zero-order chi connectivity index (χ0) is 19.8. The number of halogens is 3. The number of fused-ring (bicyclic) bond motifs is 1. The minimum Gasteiger partial charge on any atom is -0.481 e. The standard InChI is InChI=1S/C17H13F3N2O4S/c18-17(19,20)15-8-7-14-13(21-15)10-11(6-9-16(23)24)22(14)27(25,26)12-4-2-1-3-5-12/h1-5,7-8,10H,6,9H2,(H,23,24). The van der Waals surface area contributed by atoms with Crippen molar-refractivity contribution in [3.63, 3.8) is 0 Å². The summed E-state index contributed by atoms with van der Waals surface area (Å²) in [4.78, 5) is 14.3. The van der Waals surface area contributed by atoms with Gasteiger partial charge in [0.25, 0.3) is 10.0 Å². The Kier molecular flexibility index (Phi) is 4.68. The summed E-state index contributed by atoms with van der Waals surface area (Å²) in [7, 11) is -4.15. The van der Waals surface area contributed by atoms with Crippen LogP contribution in [0.15, 0.2) is 53.4 Å². The maximum atomic E-state index is 13.0. The van der Waals surface area contributed by atoms with Gasteiger partial charge in [-0.1, -0.05) is 18.2 Å². The maximum absolute atomic E-state index is 13.0. The lowest BCUT2D eigenvalue weighted by molar-refractivity contribution is -0.141. The minimum atomic E-state index is -4.68. The summed E-state index contributed by atoms with van der Waals surface area (Å²) in [6, 6.07) is 10.2. The third kappa shape index (κ3) is 3.65. The van der Waals surface area contributed by atoms with E-state index in [9.17, 15) is 26.4 Å². The van der Waals surface area contributed by atoms with E-state index in [1.165, 1.54) is 30.3 Å². The molecule has 0 aliphatic rings. The molecule has 0 aliphatic carbocycles. The molecule has 2 heterocycles. The lowest BCUT2D eigenvalue weighted by Crippen LogP contribution is -2.16. The van der Waals surface area contributed by atoms with Crippen LogP contribution in [0.25, 0.3) is 11.0 Å². The zero-order valence-corrected chi connectivity index (χ0v) is 14.5. The van der Waals surface area contributed by atoms with Crippen molar-refractivity contribution < 1.29 is 31.5 Å². The largest absolute Gasteiger partial charge is 0.481 e. The fourth-order valence-corrected chi connectivity index (χ4v) is 4.24. The Labute approximate surface area is 151 Å². The number of aryl methyl sites for hydroxylation is 1. The van der Waals surface area contributed by atoms with E-state index in [1.54, 1.807) is 6.07 Å². The van der Waals surface area contributed by atoms with Crippen molar-refractivity contribution in [3.8, 4) is 0 Å². The Hall–Kier alpha value is -2.88. The van der Waals surface area contributed by atoms with Crippen molar-refractivity contribution in [1.82, 2.24) is 8.96 Å².